The smallest absolute Gasteiger partial charge is 0.336 e. The maximum atomic E-state index is 12.2. The summed E-state index contributed by atoms with van der Waals surface area (Å²) in [7, 11) is 3.22. The van der Waals surface area contributed by atoms with Crippen molar-refractivity contribution in [2.75, 3.05) is 14.2 Å². The molecule has 184 valence electrons. The fourth-order valence-corrected chi connectivity index (χ4v) is 5.36. The Morgan fingerprint density at radius 1 is 0.833 bits per heavy atom. The highest BCUT2D eigenvalue weighted by molar-refractivity contribution is 5.88. The maximum Gasteiger partial charge on any atom is 0.336 e. The minimum absolute atomic E-state index is 0.137. The molecular formula is C30H28O6. The highest BCUT2D eigenvalue weighted by atomic mass is 16.5. The SMILES string of the molecule is COc1ccc2ccc(=O)oc2c1/C=C/[C@@]1(C)C[C@@H](C)C=C[C@H]1c1c(OC)ccc2ccc(=O)oc12. The number of ether oxygens (including phenoxy) is 2. The molecule has 1 aliphatic rings. The van der Waals surface area contributed by atoms with Crippen molar-refractivity contribution in [1.82, 2.24) is 0 Å². The zero-order valence-electron chi connectivity index (χ0n) is 20.7. The third-order valence-corrected chi connectivity index (χ3v) is 7.06. The largest absolute Gasteiger partial charge is 0.496 e. The van der Waals surface area contributed by atoms with Crippen LogP contribution in [-0.2, 0) is 0 Å². The molecule has 0 spiro atoms. The van der Waals surface area contributed by atoms with Crippen LogP contribution in [0.3, 0.4) is 0 Å². The van der Waals surface area contributed by atoms with E-state index in [1.807, 2.05) is 30.3 Å². The lowest BCUT2D eigenvalue weighted by atomic mass is 9.64. The van der Waals surface area contributed by atoms with Crippen LogP contribution in [0.5, 0.6) is 11.5 Å². The summed E-state index contributed by atoms with van der Waals surface area (Å²) in [5.74, 6) is 1.47. The van der Waals surface area contributed by atoms with E-state index in [2.05, 4.69) is 32.1 Å². The first kappa shape index (κ1) is 23.7. The van der Waals surface area contributed by atoms with E-state index in [-0.39, 0.29) is 11.3 Å². The molecule has 2 aromatic carbocycles. The van der Waals surface area contributed by atoms with E-state index in [1.165, 1.54) is 12.1 Å². The summed E-state index contributed by atoms with van der Waals surface area (Å²) in [6.45, 7) is 4.36. The second kappa shape index (κ2) is 9.19. The Kier molecular flexibility index (Phi) is 6.04. The van der Waals surface area contributed by atoms with E-state index in [0.29, 0.717) is 34.1 Å². The number of rotatable bonds is 5. The number of hydrogen-bond acceptors (Lipinski definition) is 6. The van der Waals surface area contributed by atoms with E-state index in [9.17, 15) is 9.59 Å². The fourth-order valence-electron chi connectivity index (χ4n) is 5.36. The Bertz CT molecular complexity index is 1620. The molecule has 0 saturated carbocycles. The Morgan fingerprint density at radius 3 is 2.08 bits per heavy atom. The second-order valence-corrected chi connectivity index (χ2v) is 9.59. The van der Waals surface area contributed by atoms with Crippen LogP contribution in [0.25, 0.3) is 28.0 Å². The molecule has 0 unspecified atom stereocenters. The zero-order chi connectivity index (χ0) is 25.4. The number of benzene rings is 2. The van der Waals surface area contributed by atoms with Crippen LogP contribution in [0.4, 0.5) is 0 Å². The monoisotopic (exact) mass is 484 g/mol. The Balaban J connectivity index is 1.71. The van der Waals surface area contributed by atoms with E-state index >= 15 is 0 Å². The summed E-state index contributed by atoms with van der Waals surface area (Å²) in [5, 5.41) is 1.65. The molecule has 0 saturated heterocycles. The van der Waals surface area contributed by atoms with E-state index in [1.54, 1.807) is 26.4 Å². The summed E-state index contributed by atoms with van der Waals surface area (Å²) < 4.78 is 22.6. The highest BCUT2D eigenvalue weighted by Crippen LogP contribution is 2.51. The molecule has 36 heavy (non-hydrogen) atoms. The summed E-state index contributed by atoms with van der Waals surface area (Å²) in [5.41, 5.74) is 1.33. The van der Waals surface area contributed by atoms with Gasteiger partial charge in [0.25, 0.3) is 0 Å². The van der Waals surface area contributed by atoms with Gasteiger partial charge in [-0.3, -0.25) is 0 Å². The van der Waals surface area contributed by atoms with Crippen molar-refractivity contribution in [2.24, 2.45) is 11.3 Å². The molecule has 3 atom stereocenters. The first-order valence-electron chi connectivity index (χ1n) is 11.9. The molecule has 0 bridgehead atoms. The van der Waals surface area contributed by atoms with Crippen LogP contribution in [-0.4, -0.2) is 14.2 Å². The lowest BCUT2D eigenvalue weighted by molar-refractivity contribution is 0.291. The molecule has 0 aliphatic heterocycles. The molecule has 0 fully saturated rings. The third kappa shape index (κ3) is 4.13. The average Bonchev–Trinajstić information content (AvgIpc) is 2.86. The number of allylic oxidation sites excluding steroid dienone is 3. The molecular weight excluding hydrogens is 456 g/mol. The van der Waals surface area contributed by atoms with Crippen LogP contribution in [0.1, 0.15) is 37.3 Å². The van der Waals surface area contributed by atoms with Gasteiger partial charge in [-0.05, 0) is 54.2 Å². The quantitative estimate of drug-likeness (QED) is 0.244. The van der Waals surface area contributed by atoms with Crippen molar-refractivity contribution in [3.8, 4) is 11.5 Å². The molecule has 0 amide bonds. The summed E-state index contributed by atoms with van der Waals surface area (Å²) >= 11 is 0. The van der Waals surface area contributed by atoms with Crippen molar-refractivity contribution in [2.45, 2.75) is 26.2 Å². The zero-order valence-corrected chi connectivity index (χ0v) is 20.7. The molecule has 0 radical (unpaired) electrons. The van der Waals surface area contributed by atoms with Crippen LogP contribution < -0.4 is 20.7 Å². The maximum absolute atomic E-state index is 12.2. The van der Waals surface area contributed by atoms with Gasteiger partial charge >= 0.3 is 11.3 Å². The van der Waals surface area contributed by atoms with Crippen LogP contribution in [0, 0.1) is 11.3 Å². The van der Waals surface area contributed by atoms with E-state index in [0.717, 1.165) is 22.8 Å². The summed E-state index contributed by atoms with van der Waals surface area (Å²) in [4.78, 5) is 24.2. The lowest BCUT2D eigenvalue weighted by Crippen LogP contribution is -2.28. The van der Waals surface area contributed by atoms with Gasteiger partial charge < -0.3 is 18.3 Å². The fraction of sp³-hybridized carbons (Fsp3) is 0.267. The Morgan fingerprint density at radius 2 is 1.42 bits per heavy atom. The molecule has 4 aromatic rings. The van der Waals surface area contributed by atoms with Gasteiger partial charge in [-0.15, -0.1) is 0 Å². The van der Waals surface area contributed by atoms with Crippen molar-refractivity contribution in [3.63, 3.8) is 0 Å². The Hall–Kier alpha value is -4.06. The van der Waals surface area contributed by atoms with Crippen molar-refractivity contribution >= 4 is 28.0 Å². The van der Waals surface area contributed by atoms with Gasteiger partial charge in [0.15, 0.2) is 0 Å². The van der Waals surface area contributed by atoms with Crippen molar-refractivity contribution < 1.29 is 18.3 Å². The summed E-state index contributed by atoms with van der Waals surface area (Å²) in [6.07, 6.45) is 9.32. The number of fused-ring (bicyclic) bond motifs is 2. The van der Waals surface area contributed by atoms with Gasteiger partial charge in [-0.1, -0.05) is 38.2 Å². The van der Waals surface area contributed by atoms with E-state index in [4.69, 9.17) is 18.3 Å². The molecule has 5 rings (SSSR count). The normalized spacial score (nSPS) is 21.9. The van der Waals surface area contributed by atoms with E-state index < -0.39 is 11.3 Å². The van der Waals surface area contributed by atoms with Gasteiger partial charge in [0.1, 0.15) is 22.7 Å². The minimum Gasteiger partial charge on any atom is -0.496 e. The lowest BCUT2D eigenvalue weighted by Gasteiger charge is -2.39. The first-order valence-corrected chi connectivity index (χ1v) is 11.9. The van der Waals surface area contributed by atoms with Crippen LogP contribution in [0.15, 0.2) is 85.2 Å². The molecule has 0 N–H and O–H groups in total. The minimum atomic E-state index is -0.417. The van der Waals surface area contributed by atoms with Gasteiger partial charge in [-0.25, -0.2) is 9.59 Å². The average molecular weight is 485 g/mol. The van der Waals surface area contributed by atoms with Crippen LogP contribution in [0.2, 0.25) is 0 Å². The Labute approximate surface area is 208 Å². The standard InChI is InChI=1S/C30H28O6/c1-18-5-10-22(27-24(34-4)12-7-20-9-14-26(32)36-29(20)27)30(2,17-18)16-15-21-23(33-3)11-6-19-8-13-25(31)35-28(19)21/h5-16,18,22H,17H2,1-4H3/b16-15+/t18-,22-,30-/m0/s1. The third-order valence-electron chi connectivity index (χ3n) is 7.06. The molecule has 6 heteroatoms. The highest BCUT2D eigenvalue weighted by Gasteiger charge is 2.38. The molecule has 1 aliphatic carbocycles. The van der Waals surface area contributed by atoms with Gasteiger partial charge in [0.2, 0.25) is 0 Å². The van der Waals surface area contributed by atoms with Gasteiger partial charge in [-0.2, -0.15) is 0 Å². The predicted octanol–water partition coefficient (Wildman–Crippen LogP) is 6.32. The van der Waals surface area contributed by atoms with Gasteiger partial charge in [0.05, 0.1) is 19.8 Å². The van der Waals surface area contributed by atoms with Crippen molar-refractivity contribution in [3.05, 3.63) is 98.7 Å². The first-order chi connectivity index (χ1) is 17.3. The summed E-state index contributed by atoms with van der Waals surface area (Å²) in [6, 6.07) is 13.9. The van der Waals surface area contributed by atoms with Crippen molar-refractivity contribution in [1.29, 1.82) is 0 Å². The molecule has 6 nitrogen and oxygen atoms in total. The second-order valence-electron chi connectivity index (χ2n) is 9.59. The van der Waals surface area contributed by atoms with Gasteiger partial charge in [0, 0.05) is 34.4 Å². The topological polar surface area (TPSA) is 78.9 Å². The van der Waals surface area contributed by atoms with Crippen LogP contribution >= 0.6 is 0 Å². The number of hydrogen-bond donors (Lipinski definition) is 0. The molecule has 2 heterocycles. The number of methoxy groups -OCH3 is 2. The molecule has 2 aromatic heterocycles. The predicted molar refractivity (Wildman–Crippen MR) is 141 cm³/mol.